The average molecular weight is 311 g/mol. The molecule has 108 valence electrons. The molecule has 0 saturated carbocycles. The van der Waals surface area contributed by atoms with E-state index in [0.717, 1.165) is 28.9 Å². The van der Waals surface area contributed by atoms with Crippen LogP contribution in [0.15, 0.2) is 12.4 Å². The van der Waals surface area contributed by atoms with Crippen LogP contribution in [-0.4, -0.2) is 36.4 Å². The van der Waals surface area contributed by atoms with E-state index < -0.39 is 9.84 Å². The summed E-state index contributed by atoms with van der Waals surface area (Å²) in [5, 5.41) is 4.33. The maximum atomic E-state index is 11.5. The van der Waals surface area contributed by atoms with Crippen molar-refractivity contribution in [3.8, 4) is 0 Å². The lowest BCUT2D eigenvalue weighted by molar-refractivity contribution is 0.596. The van der Waals surface area contributed by atoms with Gasteiger partial charge in [-0.3, -0.25) is 0 Å². The van der Waals surface area contributed by atoms with Crippen molar-refractivity contribution in [1.29, 1.82) is 0 Å². The summed E-state index contributed by atoms with van der Waals surface area (Å²) in [7, 11) is -2.81. The SMILES string of the molecule is CCc1cc2c(NC[C@@H]3CCS(=O)(=O)C3)ncnc2s1. The number of rotatable bonds is 4. The van der Waals surface area contributed by atoms with Gasteiger partial charge in [-0.05, 0) is 24.8 Å². The first-order valence-electron chi connectivity index (χ1n) is 6.75. The molecule has 2 aromatic rings. The molecule has 0 amide bonds. The molecular weight excluding hydrogens is 294 g/mol. The van der Waals surface area contributed by atoms with Gasteiger partial charge in [-0.15, -0.1) is 11.3 Å². The van der Waals surface area contributed by atoms with E-state index in [0.29, 0.717) is 12.3 Å². The van der Waals surface area contributed by atoms with E-state index in [4.69, 9.17) is 0 Å². The molecule has 0 unspecified atom stereocenters. The van der Waals surface area contributed by atoms with Crippen molar-refractivity contribution >= 4 is 37.2 Å². The molecule has 1 saturated heterocycles. The average Bonchev–Trinajstić information content (AvgIpc) is 2.99. The second kappa shape index (κ2) is 5.29. The standard InChI is InChI=1S/C13H17N3O2S2/c1-2-10-5-11-12(15-8-16-13(11)19-10)14-6-9-3-4-20(17,18)7-9/h5,8-9H,2-4,6-7H2,1H3,(H,14,15,16)/t9-/m0/s1. The molecule has 1 atom stereocenters. The van der Waals surface area contributed by atoms with E-state index in [1.807, 2.05) is 0 Å². The Hall–Kier alpha value is -1.21. The first-order valence-corrected chi connectivity index (χ1v) is 9.39. The van der Waals surface area contributed by atoms with Gasteiger partial charge in [-0.1, -0.05) is 6.92 Å². The maximum absolute atomic E-state index is 11.5. The molecule has 3 heterocycles. The number of nitrogens with one attached hydrogen (secondary N) is 1. The van der Waals surface area contributed by atoms with Crippen LogP contribution in [0.3, 0.4) is 0 Å². The quantitative estimate of drug-likeness (QED) is 0.936. The number of nitrogens with zero attached hydrogens (tertiary/aromatic N) is 2. The zero-order valence-electron chi connectivity index (χ0n) is 11.3. The zero-order valence-corrected chi connectivity index (χ0v) is 12.9. The third-order valence-electron chi connectivity index (χ3n) is 3.61. The first kappa shape index (κ1) is 13.8. The Morgan fingerprint density at radius 3 is 3.00 bits per heavy atom. The summed E-state index contributed by atoms with van der Waals surface area (Å²) in [6.45, 7) is 2.78. The minimum absolute atomic E-state index is 0.189. The third-order valence-corrected chi connectivity index (χ3v) is 6.64. The minimum Gasteiger partial charge on any atom is -0.369 e. The van der Waals surface area contributed by atoms with Gasteiger partial charge in [-0.25, -0.2) is 18.4 Å². The Bertz CT molecular complexity index is 724. The molecule has 1 N–H and O–H groups in total. The van der Waals surface area contributed by atoms with Crippen LogP contribution in [0, 0.1) is 5.92 Å². The summed E-state index contributed by atoms with van der Waals surface area (Å²) in [6.07, 6.45) is 3.29. The van der Waals surface area contributed by atoms with Gasteiger partial charge < -0.3 is 5.32 Å². The van der Waals surface area contributed by atoms with Crippen LogP contribution in [0.1, 0.15) is 18.2 Å². The van der Waals surface area contributed by atoms with Crippen LogP contribution in [0.2, 0.25) is 0 Å². The lowest BCUT2D eigenvalue weighted by Gasteiger charge is -2.10. The molecule has 5 nitrogen and oxygen atoms in total. The van der Waals surface area contributed by atoms with Gasteiger partial charge in [0.1, 0.15) is 17.0 Å². The predicted octanol–water partition coefficient (Wildman–Crippen LogP) is 2.10. The summed E-state index contributed by atoms with van der Waals surface area (Å²) in [6, 6.07) is 2.12. The van der Waals surface area contributed by atoms with Crippen molar-refractivity contribution in [3.63, 3.8) is 0 Å². The molecule has 2 aromatic heterocycles. The van der Waals surface area contributed by atoms with E-state index in [-0.39, 0.29) is 11.7 Å². The Morgan fingerprint density at radius 1 is 1.45 bits per heavy atom. The monoisotopic (exact) mass is 311 g/mol. The van der Waals surface area contributed by atoms with Crippen LogP contribution >= 0.6 is 11.3 Å². The fourth-order valence-corrected chi connectivity index (χ4v) is 5.29. The van der Waals surface area contributed by atoms with Gasteiger partial charge in [-0.2, -0.15) is 0 Å². The summed E-state index contributed by atoms with van der Waals surface area (Å²) in [5.74, 6) is 1.61. The Morgan fingerprint density at radius 2 is 2.30 bits per heavy atom. The van der Waals surface area contributed by atoms with Gasteiger partial charge >= 0.3 is 0 Å². The van der Waals surface area contributed by atoms with E-state index in [1.165, 1.54) is 4.88 Å². The number of sulfone groups is 1. The number of hydrogen-bond acceptors (Lipinski definition) is 6. The summed E-state index contributed by atoms with van der Waals surface area (Å²) in [5.41, 5.74) is 0. The van der Waals surface area contributed by atoms with Gasteiger partial charge in [0.25, 0.3) is 0 Å². The van der Waals surface area contributed by atoms with Gasteiger partial charge in [0.2, 0.25) is 0 Å². The van der Waals surface area contributed by atoms with Gasteiger partial charge in [0, 0.05) is 11.4 Å². The molecule has 0 bridgehead atoms. The van der Waals surface area contributed by atoms with E-state index in [1.54, 1.807) is 17.7 Å². The van der Waals surface area contributed by atoms with Gasteiger partial charge in [0.05, 0.1) is 16.9 Å². The lowest BCUT2D eigenvalue weighted by atomic mass is 10.1. The Balaban J connectivity index is 1.76. The number of aromatic nitrogens is 2. The molecule has 3 rings (SSSR count). The largest absolute Gasteiger partial charge is 0.369 e. The molecule has 20 heavy (non-hydrogen) atoms. The molecular formula is C13H17N3O2S2. The third kappa shape index (κ3) is 2.78. The second-order valence-corrected chi connectivity index (χ2v) is 8.50. The lowest BCUT2D eigenvalue weighted by Crippen LogP contribution is -2.16. The predicted molar refractivity (Wildman–Crippen MR) is 82.0 cm³/mol. The van der Waals surface area contributed by atoms with Crippen molar-refractivity contribution in [2.45, 2.75) is 19.8 Å². The number of anilines is 1. The topological polar surface area (TPSA) is 72.0 Å². The zero-order chi connectivity index (χ0) is 14.2. The number of hydrogen-bond donors (Lipinski definition) is 1. The second-order valence-electron chi connectivity index (χ2n) is 5.16. The molecule has 1 fully saturated rings. The minimum atomic E-state index is -2.81. The summed E-state index contributed by atoms with van der Waals surface area (Å²) in [4.78, 5) is 10.8. The molecule has 7 heteroatoms. The maximum Gasteiger partial charge on any atom is 0.150 e. The van der Waals surface area contributed by atoms with Crippen LogP contribution in [0.25, 0.3) is 10.2 Å². The first-order chi connectivity index (χ1) is 9.57. The number of aryl methyl sites for hydroxylation is 1. The van der Waals surface area contributed by atoms with E-state index in [9.17, 15) is 8.42 Å². The van der Waals surface area contributed by atoms with Crippen LogP contribution in [-0.2, 0) is 16.3 Å². The molecule has 0 aliphatic carbocycles. The Kier molecular flexibility index (Phi) is 3.64. The Labute approximate surface area is 122 Å². The highest BCUT2D eigenvalue weighted by molar-refractivity contribution is 7.91. The van der Waals surface area contributed by atoms with Crippen molar-refractivity contribution in [2.24, 2.45) is 5.92 Å². The van der Waals surface area contributed by atoms with E-state index >= 15 is 0 Å². The fourth-order valence-electron chi connectivity index (χ4n) is 2.49. The highest BCUT2D eigenvalue weighted by atomic mass is 32.2. The fraction of sp³-hybridized carbons (Fsp3) is 0.538. The molecule has 1 aliphatic heterocycles. The van der Waals surface area contributed by atoms with Crippen LogP contribution < -0.4 is 5.32 Å². The number of thiophene rings is 1. The van der Waals surface area contributed by atoms with Crippen molar-refractivity contribution in [2.75, 3.05) is 23.4 Å². The van der Waals surface area contributed by atoms with Crippen molar-refractivity contribution < 1.29 is 8.42 Å². The number of fused-ring (bicyclic) bond motifs is 1. The molecule has 1 aliphatic rings. The van der Waals surface area contributed by atoms with Crippen molar-refractivity contribution in [3.05, 3.63) is 17.3 Å². The molecule has 0 aromatic carbocycles. The van der Waals surface area contributed by atoms with Crippen LogP contribution in [0.5, 0.6) is 0 Å². The smallest absolute Gasteiger partial charge is 0.150 e. The molecule has 0 radical (unpaired) electrons. The van der Waals surface area contributed by atoms with Crippen LogP contribution in [0.4, 0.5) is 5.82 Å². The highest BCUT2D eigenvalue weighted by Crippen LogP contribution is 2.29. The summed E-state index contributed by atoms with van der Waals surface area (Å²) < 4.78 is 22.9. The van der Waals surface area contributed by atoms with Gasteiger partial charge in [0.15, 0.2) is 9.84 Å². The highest BCUT2D eigenvalue weighted by Gasteiger charge is 2.27. The normalized spacial score (nSPS) is 21.4. The summed E-state index contributed by atoms with van der Waals surface area (Å²) >= 11 is 1.68. The van der Waals surface area contributed by atoms with Crippen molar-refractivity contribution in [1.82, 2.24) is 9.97 Å². The molecule has 0 spiro atoms. The van der Waals surface area contributed by atoms with E-state index in [2.05, 4.69) is 28.3 Å².